The summed E-state index contributed by atoms with van der Waals surface area (Å²) in [5.41, 5.74) is 2.84. The third-order valence-corrected chi connectivity index (χ3v) is 5.01. The van der Waals surface area contributed by atoms with E-state index in [1.165, 1.54) is 0 Å². The summed E-state index contributed by atoms with van der Waals surface area (Å²) in [5.74, 6) is 0.957. The van der Waals surface area contributed by atoms with E-state index in [1.807, 2.05) is 25.1 Å². The molecule has 0 spiro atoms. The van der Waals surface area contributed by atoms with Crippen molar-refractivity contribution in [3.05, 3.63) is 35.9 Å². The molecule has 0 fully saturated rings. The van der Waals surface area contributed by atoms with Crippen molar-refractivity contribution in [3.63, 3.8) is 0 Å². The average Bonchev–Trinajstić information content (AvgIpc) is 2.74. The van der Waals surface area contributed by atoms with Gasteiger partial charge in [0.15, 0.2) is 0 Å². The molecule has 2 aromatic rings. The van der Waals surface area contributed by atoms with Gasteiger partial charge < -0.3 is 24.1 Å². The Morgan fingerprint density at radius 1 is 1.10 bits per heavy atom. The van der Waals surface area contributed by atoms with Crippen LogP contribution in [-0.2, 0) is 14.2 Å². The summed E-state index contributed by atoms with van der Waals surface area (Å²) in [6.07, 6.45) is 2.42. The van der Waals surface area contributed by atoms with E-state index in [2.05, 4.69) is 5.32 Å². The molecule has 0 saturated heterocycles. The average molecular weight is 460 g/mol. The molecule has 1 N–H and O–H groups in total. The van der Waals surface area contributed by atoms with E-state index in [9.17, 15) is 14.2 Å². The molecule has 0 saturated carbocycles. The van der Waals surface area contributed by atoms with Gasteiger partial charge in [-0.05, 0) is 61.3 Å². The zero-order chi connectivity index (χ0) is 21.2. The van der Waals surface area contributed by atoms with Crippen LogP contribution >= 0.6 is 8.46 Å². The van der Waals surface area contributed by atoms with Crippen molar-refractivity contribution < 1.29 is 28.4 Å². The Labute approximate surface area is 220 Å². The van der Waals surface area contributed by atoms with Crippen LogP contribution in [0, 0.1) is 6.92 Å². The molecule has 0 aliphatic heterocycles. The maximum atomic E-state index is 11.6. The predicted molar refractivity (Wildman–Crippen MR) is 122 cm³/mol. The third-order valence-electron chi connectivity index (χ3n) is 4.36. The molecule has 0 heterocycles. The summed E-state index contributed by atoms with van der Waals surface area (Å²) in [5, 5.41) is 2.55. The Balaban J connectivity index is 0.00000450. The monoisotopic (exact) mass is 459 g/mol. The fourth-order valence-electron chi connectivity index (χ4n) is 2.97. The summed E-state index contributed by atoms with van der Waals surface area (Å²) >= 11 is 0. The summed E-state index contributed by atoms with van der Waals surface area (Å²) < 4.78 is 27.6. The van der Waals surface area contributed by atoms with Crippen molar-refractivity contribution in [3.8, 4) is 28.4 Å². The predicted octanol–water partition coefficient (Wildman–Crippen LogP) is 3.08. The SMILES string of the molecule is COc1cccc(OC)c1-c1cc(OCCCC[PH2]=O)c(NC(=O)C=O)cc1C.[KH]. The molecule has 1 atom stereocenters. The minimum absolute atomic E-state index is 0. The number of aryl methyl sites for hydroxylation is 1. The van der Waals surface area contributed by atoms with Gasteiger partial charge in [-0.15, -0.1) is 0 Å². The Kier molecular flexibility index (Phi) is 12.6. The Morgan fingerprint density at radius 3 is 2.33 bits per heavy atom. The second kappa shape index (κ2) is 14.0. The number of methoxy groups -OCH3 is 2. The van der Waals surface area contributed by atoms with Gasteiger partial charge >= 0.3 is 51.4 Å². The second-order valence-electron chi connectivity index (χ2n) is 6.32. The van der Waals surface area contributed by atoms with E-state index in [0.29, 0.717) is 35.7 Å². The van der Waals surface area contributed by atoms with Crippen molar-refractivity contribution in [2.45, 2.75) is 19.8 Å². The van der Waals surface area contributed by atoms with Crippen LogP contribution in [0.1, 0.15) is 18.4 Å². The van der Waals surface area contributed by atoms with Crippen molar-refractivity contribution in [2.75, 3.05) is 32.3 Å². The van der Waals surface area contributed by atoms with Crippen LogP contribution < -0.4 is 19.5 Å². The van der Waals surface area contributed by atoms with Crippen molar-refractivity contribution >= 4 is 77.7 Å². The number of ether oxygens (including phenoxy) is 3. The first-order valence-electron chi connectivity index (χ1n) is 9.24. The molecule has 0 bridgehead atoms. The number of carbonyl (C=O) groups excluding carboxylic acids is 2. The third kappa shape index (κ3) is 7.22. The first kappa shape index (κ1) is 26.9. The summed E-state index contributed by atoms with van der Waals surface area (Å²) in [4.78, 5) is 22.4. The number of hydrogen-bond donors (Lipinski definition) is 1. The van der Waals surface area contributed by atoms with Crippen molar-refractivity contribution in [1.29, 1.82) is 0 Å². The molecule has 2 rings (SSSR count). The molecule has 1 amide bonds. The van der Waals surface area contributed by atoms with Crippen LogP contribution in [0.25, 0.3) is 11.1 Å². The number of anilines is 1. The molecule has 2 aromatic carbocycles. The summed E-state index contributed by atoms with van der Waals surface area (Å²) in [6.45, 7) is 2.29. The second-order valence-corrected chi connectivity index (χ2v) is 7.23. The number of nitrogens with one attached hydrogen (secondary N) is 1. The first-order valence-corrected chi connectivity index (χ1v) is 10.5. The van der Waals surface area contributed by atoms with Gasteiger partial charge in [0.2, 0.25) is 6.29 Å². The Bertz CT molecular complexity index is 868. The van der Waals surface area contributed by atoms with Crippen LogP contribution in [-0.4, -0.2) is 90.6 Å². The normalized spacial score (nSPS) is 10.4. The number of hydrogen-bond acceptors (Lipinski definition) is 6. The summed E-state index contributed by atoms with van der Waals surface area (Å²) in [6, 6.07) is 9.07. The van der Waals surface area contributed by atoms with Crippen LogP contribution in [0.2, 0.25) is 0 Å². The van der Waals surface area contributed by atoms with Crippen molar-refractivity contribution in [1.82, 2.24) is 0 Å². The van der Waals surface area contributed by atoms with Gasteiger partial charge in [0.25, 0.3) is 5.91 Å². The van der Waals surface area contributed by atoms with E-state index >= 15 is 0 Å². The number of amides is 1. The standard InChI is InChI=1S/C21H26NO6P.K.H/c1-14-11-16(22-20(24)13-23)19(28-9-4-5-10-29-25)12-15(14)21-17(26-2)7-6-8-18(21)27-3;;/h6-8,11-13H,4-5,9-10,29H2,1-3H3,(H,22,24);;. The number of unbranched alkanes of at least 4 members (excludes halogenated alkanes) is 1. The van der Waals surface area contributed by atoms with Gasteiger partial charge in [0.05, 0.1) is 40.5 Å². The Hall–Kier alpha value is -1.15. The summed E-state index contributed by atoms with van der Waals surface area (Å²) in [7, 11) is 2.41. The van der Waals surface area contributed by atoms with Crippen molar-refractivity contribution in [2.24, 2.45) is 0 Å². The minimum atomic E-state index is -0.760. The molecule has 0 aliphatic carbocycles. The van der Waals surface area contributed by atoms with E-state index in [4.69, 9.17) is 14.2 Å². The molecular formula is C21H27KNO6P. The Morgan fingerprint density at radius 2 is 1.77 bits per heavy atom. The van der Waals surface area contributed by atoms with Crippen LogP contribution in [0.3, 0.4) is 0 Å². The van der Waals surface area contributed by atoms with Gasteiger partial charge in [0.1, 0.15) is 17.2 Å². The van der Waals surface area contributed by atoms with Gasteiger partial charge in [0, 0.05) is 0 Å². The van der Waals surface area contributed by atoms with Gasteiger partial charge in [-0.3, -0.25) is 9.59 Å². The van der Waals surface area contributed by atoms with E-state index in [-0.39, 0.29) is 57.7 Å². The van der Waals surface area contributed by atoms with Crippen LogP contribution in [0.5, 0.6) is 17.2 Å². The molecule has 9 heteroatoms. The molecular weight excluding hydrogens is 432 g/mol. The molecule has 1 unspecified atom stereocenters. The van der Waals surface area contributed by atoms with Gasteiger partial charge in [-0.1, -0.05) is 6.07 Å². The zero-order valence-electron chi connectivity index (χ0n) is 16.8. The van der Waals surface area contributed by atoms with E-state index in [0.717, 1.165) is 29.5 Å². The maximum absolute atomic E-state index is 11.6. The molecule has 30 heavy (non-hydrogen) atoms. The van der Waals surface area contributed by atoms with Crippen LogP contribution in [0.4, 0.5) is 5.69 Å². The van der Waals surface area contributed by atoms with Gasteiger partial charge in [-0.2, -0.15) is 0 Å². The topological polar surface area (TPSA) is 90.9 Å². The molecule has 158 valence electrons. The number of aldehydes is 1. The fourth-order valence-corrected chi connectivity index (χ4v) is 3.42. The number of benzene rings is 2. The zero-order valence-corrected chi connectivity index (χ0v) is 18.0. The van der Waals surface area contributed by atoms with E-state index < -0.39 is 14.4 Å². The fraction of sp³-hybridized carbons (Fsp3) is 0.333. The number of carbonyl (C=O) groups is 2. The molecule has 0 aromatic heterocycles. The molecule has 7 nitrogen and oxygen atoms in total. The quantitative estimate of drug-likeness (QED) is 0.183. The van der Waals surface area contributed by atoms with Crippen LogP contribution in [0.15, 0.2) is 30.3 Å². The van der Waals surface area contributed by atoms with E-state index in [1.54, 1.807) is 26.4 Å². The van der Waals surface area contributed by atoms with Gasteiger partial charge in [-0.25, -0.2) is 0 Å². The molecule has 0 aliphatic rings. The molecule has 0 radical (unpaired) electrons. The first-order chi connectivity index (χ1) is 14.0. The number of rotatable bonds is 11.